The van der Waals surface area contributed by atoms with E-state index in [1.54, 1.807) is 30.3 Å². The summed E-state index contributed by atoms with van der Waals surface area (Å²) in [6, 6.07) is 11.1. The first-order valence-electron chi connectivity index (χ1n) is 5.70. The molecule has 21 heavy (non-hydrogen) atoms. The molecule has 0 spiro atoms. The molecule has 2 aromatic rings. The Kier molecular flexibility index (Phi) is 4.08. The quantitative estimate of drug-likeness (QED) is 0.870. The Bertz CT molecular complexity index is 806. The zero-order valence-electron chi connectivity index (χ0n) is 10.5. The molecule has 6 heteroatoms. The van der Waals surface area contributed by atoms with Crippen molar-refractivity contribution in [2.45, 2.75) is 0 Å². The van der Waals surface area contributed by atoms with Gasteiger partial charge in [0.25, 0.3) is 0 Å². The molecule has 0 amide bonds. The van der Waals surface area contributed by atoms with Crippen LogP contribution in [0.1, 0.15) is 16.1 Å². The monoisotopic (exact) mass is 298 g/mol. The summed E-state index contributed by atoms with van der Waals surface area (Å²) >= 11 is 5.80. The van der Waals surface area contributed by atoms with Crippen molar-refractivity contribution >= 4 is 23.6 Å². The van der Waals surface area contributed by atoms with Crippen LogP contribution in [0.25, 0.3) is 17.4 Å². The molecule has 0 saturated carbocycles. The van der Waals surface area contributed by atoms with Gasteiger partial charge in [-0.2, -0.15) is 10.5 Å². The number of aromatic carboxylic acids is 1. The second kappa shape index (κ2) is 5.96. The van der Waals surface area contributed by atoms with Crippen molar-refractivity contribution in [1.82, 2.24) is 0 Å². The summed E-state index contributed by atoms with van der Waals surface area (Å²) in [6.07, 6.45) is 1.30. The van der Waals surface area contributed by atoms with Gasteiger partial charge < -0.3 is 9.52 Å². The van der Waals surface area contributed by atoms with Crippen molar-refractivity contribution in [1.29, 1.82) is 10.5 Å². The number of hydrogen-bond donors (Lipinski definition) is 1. The molecule has 1 N–H and O–H groups in total. The number of carboxylic acids is 1. The Balaban J connectivity index is 2.42. The fraction of sp³-hybridized carbons (Fsp3) is 0. The lowest BCUT2D eigenvalue weighted by Crippen LogP contribution is -1.97. The maximum Gasteiger partial charge on any atom is 0.337 e. The van der Waals surface area contributed by atoms with Crippen LogP contribution in [0.2, 0.25) is 5.02 Å². The maximum atomic E-state index is 11.0. The number of furan rings is 1. The predicted octanol–water partition coefficient (Wildman–Crippen LogP) is 3.73. The number of hydrogen-bond acceptors (Lipinski definition) is 4. The van der Waals surface area contributed by atoms with Crippen LogP contribution in [-0.2, 0) is 0 Å². The molecule has 5 nitrogen and oxygen atoms in total. The number of benzene rings is 1. The molecule has 102 valence electrons. The number of halogens is 1. The number of nitrogens with zero attached hydrogens (tertiary/aromatic N) is 2. The van der Waals surface area contributed by atoms with Crippen LogP contribution in [0.3, 0.4) is 0 Å². The molecule has 1 heterocycles. The van der Waals surface area contributed by atoms with Gasteiger partial charge in [0.15, 0.2) is 0 Å². The standard InChI is InChI=1S/C15H7ClN2O3/c16-13-3-1-10(6-12(13)15(19)20)14-4-2-11(21-14)5-9(7-17)8-18/h1-6H,(H,19,20). The number of rotatable bonds is 3. The minimum absolute atomic E-state index is 0.0302. The first-order valence-corrected chi connectivity index (χ1v) is 6.08. The van der Waals surface area contributed by atoms with Crippen LogP contribution >= 0.6 is 11.6 Å². The zero-order chi connectivity index (χ0) is 15.4. The Labute approximate surface area is 124 Å². The van der Waals surface area contributed by atoms with Crippen LogP contribution in [0, 0.1) is 22.7 Å². The van der Waals surface area contributed by atoms with Crippen molar-refractivity contribution in [2.24, 2.45) is 0 Å². The van der Waals surface area contributed by atoms with E-state index in [-0.39, 0.29) is 16.2 Å². The van der Waals surface area contributed by atoms with E-state index in [9.17, 15) is 4.79 Å². The average Bonchev–Trinajstić information content (AvgIpc) is 2.93. The van der Waals surface area contributed by atoms with Gasteiger partial charge >= 0.3 is 5.97 Å². The van der Waals surface area contributed by atoms with Gasteiger partial charge in [0.05, 0.1) is 10.6 Å². The summed E-state index contributed by atoms with van der Waals surface area (Å²) in [7, 11) is 0. The molecule has 0 aliphatic rings. The van der Waals surface area contributed by atoms with Gasteiger partial charge in [-0.3, -0.25) is 0 Å². The summed E-state index contributed by atoms with van der Waals surface area (Å²) in [5.74, 6) is -0.393. The summed E-state index contributed by atoms with van der Waals surface area (Å²) < 4.78 is 5.46. The normalized spacial score (nSPS) is 9.48. The lowest BCUT2D eigenvalue weighted by molar-refractivity contribution is 0.0697. The van der Waals surface area contributed by atoms with E-state index in [4.69, 9.17) is 31.6 Å². The fourth-order valence-electron chi connectivity index (χ4n) is 1.66. The summed E-state index contributed by atoms with van der Waals surface area (Å²) in [5.41, 5.74) is 0.419. The highest BCUT2D eigenvalue weighted by atomic mass is 35.5. The second-order valence-electron chi connectivity index (χ2n) is 3.98. The number of carboxylic acid groups (broad SMARTS) is 1. The molecular weight excluding hydrogens is 292 g/mol. The highest BCUT2D eigenvalue weighted by Gasteiger charge is 2.12. The van der Waals surface area contributed by atoms with Gasteiger partial charge in [-0.05, 0) is 30.3 Å². The molecule has 0 fully saturated rings. The molecule has 0 radical (unpaired) electrons. The lowest BCUT2D eigenvalue weighted by Gasteiger charge is -2.01. The van der Waals surface area contributed by atoms with E-state index < -0.39 is 5.97 Å². The Morgan fingerprint density at radius 2 is 1.95 bits per heavy atom. The van der Waals surface area contributed by atoms with Crippen molar-refractivity contribution in [3.05, 3.63) is 52.3 Å². The van der Waals surface area contributed by atoms with E-state index in [2.05, 4.69) is 0 Å². The van der Waals surface area contributed by atoms with Gasteiger partial charge in [0.2, 0.25) is 0 Å². The molecule has 0 aliphatic carbocycles. The second-order valence-corrected chi connectivity index (χ2v) is 4.39. The van der Waals surface area contributed by atoms with E-state index >= 15 is 0 Å². The molecule has 1 aromatic carbocycles. The van der Waals surface area contributed by atoms with Crippen LogP contribution in [0.5, 0.6) is 0 Å². The lowest BCUT2D eigenvalue weighted by atomic mass is 10.1. The number of nitriles is 2. The van der Waals surface area contributed by atoms with Gasteiger partial charge in [0, 0.05) is 11.6 Å². The van der Waals surface area contributed by atoms with E-state index in [1.165, 1.54) is 18.2 Å². The molecule has 1 aromatic heterocycles. The van der Waals surface area contributed by atoms with E-state index in [0.29, 0.717) is 17.1 Å². The highest BCUT2D eigenvalue weighted by Crippen LogP contribution is 2.27. The Hall–Kier alpha value is -3.02. The SMILES string of the molecule is N#CC(C#N)=Cc1ccc(-c2ccc(Cl)c(C(=O)O)c2)o1. The molecule has 0 saturated heterocycles. The summed E-state index contributed by atoms with van der Waals surface area (Å²) in [6.45, 7) is 0. The number of allylic oxidation sites excluding steroid dienone is 1. The summed E-state index contributed by atoms with van der Waals surface area (Å²) in [5, 5.41) is 26.5. The predicted molar refractivity (Wildman–Crippen MR) is 75.3 cm³/mol. The van der Waals surface area contributed by atoms with Crippen molar-refractivity contribution in [3.8, 4) is 23.5 Å². The molecule has 2 rings (SSSR count). The van der Waals surface area contributed by atoms with Crippen LogP contribution in [0.15, 0.2) is 40.3 Å². The third-order valence-corrected chi connectivity index (χ3v) is 2.97. The molecule has 0 unspecified atom stereocenters. The zero-order valence-corrected chi connectivity index (χ0v) is 11.3. The maximum absolute atomic E-state index is 11.0. The third kappa shape index (κ3) is 3.11. The minimum Gasteiger partial charge on any atom is -0.478 e. The molecule has 0 bridgehead atoms. The molecular formula is C15H7ClN2O3. The van der Waals surface area contributed by atoms with Gasteiger partial charge in [-0.25, -0.2) is 4.79 Å². The topological polar surface area (TPSA) is 98.0 Å². The van der Waals surface area contributed by atoms with E-state index in [0.717, 1.165) is 0 Å². The van der Waals surface area contributed by atoms with Crippen LogP contribution in [-0.4, -0.2) is 11.1 Å². The van der Waals surface area contributed by atoms with Crippen LogP contribution < -0.4 is 0 Å². The van der Waals surface area contributed by atoms with Crippen molar-refractivity contribution in [3.63, 3.8) is 0 Å². The minimum atomic E-state index is -1.13. The first-order chi connectivity index (χ1) is 10.0. The number of carbonyl (C=O) groups is 1. The Morgan fingerprint density at radius 3 is 2.57 bits per heavy atom. The van der Waals surface area contributed by atoms with Crippen molar-refractivity contribution in [2.75, 3.05) is 0 Å². The van der Waals surface area contributed by atoms with Gasteiger partial charge in [-0.1, -0.05) is 11.6 Å². The van der Waals surface area contributed by atoms with E-state index in [1.807, 2.05) is 0 Å². The van der Waals surface area contributed by atoms with Crippen molar-refractivity contribution < 1.29 is 14.3 Å². The largest absolute Gasteiger partial charge is 0.478 e. The fourth-order valence-corrected chi connectivity index (χ4v) is 1.86. The average molecular weight is 299 g/mol. The van der Waals surface area contributed by atoms with Crippen LogP contribution in [0.4, 0.5) is 0 Å². The van der Waals surface area contributed by atoms with Gasteiger partial charge in [0.1, 0.15) is 29.2 Å². The Morgan fingerprint density at radius 1 is 1.24 bits per heavy atom. The molecule has 0 atom stereocenters. The smallest absolute Gasteiger partial charge is 0.337 e. The first kappa shape index (κ1) is 14.4. The molecule has 0 aliphatic heterocycles. The van der Waals surface area contributed by atoms with Gasteiger partial charge in [-0.15, -0.1) is 0 Å². The summed E-state index contributed by atoms with van der Waals surface area (Å²) in [4.78, 5) is 11.0. The highest BCUT2D eigenvalue weighted by molar-refractivity contribution is 6.33. The third-order valence-electron chi connectivity index (χ3n) is 2.64.